The van der Waals surface area contributed by atoms with Crippen LogP contribution >= 0.6 is 0 Å². The van der Waals surface area contributed by atoms with Gasteiger partial charge in [0.15, 0.2) is 11.5 Å². The fraction of sp³-hybridized carbons (Fsp3) is 0.250. The van der Waals surface area contributed by atoms with E-state index < -0.39 is 0 Å². The lowest BCUT2D eigenvalue weighted by Crippen LogP contribution is -2.12. The van der Waals surface area contributed by atoms with Crippen molar-refractivity contribution in [2.45, 2.75) is 0 Å². The molecule has 0 unspecified atom stereocenters. The standard InChI is InChI=1S/C8H12N2O2/c9-3-4-10-6-1-2-7(11)8(12)5-6/h1-2,5,10-12H,3-4,9H2. The molecule has 0 amide bonds. The van der Waals surface area contributed by atoms with Crippen molar-refractivity contribution in [3.05, 3.63) is 18.2 Å². The molecule has 0 spiro atoms. The molecule has 0 aromatic heterocycles. The molecule has 1 rings (SSSR count). The molecule has 0 aliphatic rings. The molecule has 5 N–H and O–H groups in total. The summed E-state index contributed by atoms with van der Waals surface area (Å²) in [5.41, 5.74) is 6.02. The molecule has 66 valence electrons. The van der Waals surface area contributed by atoms with Gasteiger partial charge in [-0.05, 0) is 12.1 Å². The van der Waals surface area contributed by atoms with Crippen molar-refractivity contribution in [1.29, 1.82) is 0 Å². The van der Waals surface area contributed by atoms with Crippen molar-refractivity contribution >= 4 is 5.69 Å². The van der Waals surface area contributed by atoms with Crippen LogP contribution in [0.1, 0.15) is 0 Å². The van der Waals surface area contributed by atoms with E-state index in [1.54, 1.807) is 6.07 Å². The molecule has 12 heavy (non-hydrogen) atoms. The van der Waals surface area contributed by atoms with Crippen molar-refractivity contribution in [2.75, 3.05) is 18.4 Å². The average molecular weight is 168 g/mol. The van der Waals surface area contributed by atoms with E-state index in [4.69, 9.17) is 15.9 Å². The summed E-state index contributed by atoms with van der Waals surface area (Å²) in [6.45, 7) is 1.17. The lowest BCUT2D eigenvalue weighted by molar-refractivity contribution is 0.404. The summed E-state index contributed by atoms with van der Waals surface area (Å²) in [5.74, 6) is -0.245. The van der Waals surface area contributed by atoms with Gasteiger partial charge in [-0.2, -0.15) is 0 Å². The normalized spacial score (nSPS) is 9.75. The molecular formula is C8H12N2O2. The first-order chi connectivity index (χ1) is 5.74. The SMILES string of the molecule is NCCNc1ccc(O)c(O)c1. The zero-order chi connectivity index (χ0) is 8.97. The van der Waals surface area contributed by atoms with E-state index in [2.05, 4.69) is 5.32 Å². The van der Waals surface area contributed by atoms with Crippen LogP contribution in [-0.4, -0.2) is 23.3 Å². The molecule has 4 nitrogen and oxygen atoms in total. The smallest absolute Gasteiger partial charge is 0.159 e. The highest BCUT2D eigenvalue weighted by molar-refractivity contribution is 5.53. The van der Waals surface area contributed by atoms with Gasteiger partial charge in [0.25, 0.3) is 0 Å². The van der Waals surface area contributed by atoms with E-state index in [0.29, 0.717) is 13.1 Å². The molecule has 4 heteroatoms. The monoisotopic (exact) mass is 168 g/mol. The molecule has 0 heterocycles. The number of hydrogen-bond acceptors (Lipinski definition) is 4. The minimum absolute atomic E-state index is 0.117. The van der Waals surface area contributed by atoms with Crippen molar-refractivity contribution in [2.24, 2.45) is 5.73 Å². The summed E-state index contributed by atoms with van der Waals surface area (Å²) in [6, 6.07) is 4.55. The van der Waals surface area contributed by atoms with E-state index in [-0.39, 0.29) is 11.5 Å². The first-order valence-corrected chi connectivity index (χ1v) is 3.70. The highest BCUT2D eigenvalue weighted by Gasteiger charge is 1.98. The Kier molecular flexibility index (Phi) is 2.76. The number of benzene rings is 1. The number of anilines is 1. The summed E-state index contributed by atoms with van der Waals surface area (Å²) in [4.78, 5) is 0. The molecular weight excluding hydrogens is 156 g/mol. The molecule has 0 aliphatic carbocycles. The Labute approximate surface area is 70.6 Å². The first-order valence-electron chi connectivity index (χ1n) is 3.70. The van der Waals surface area contributed by atoms with Gasteiger partial charge in [-0.1, -0.05) is 0 Å². The fourth-order valence-electron chi connectivity index (χ4n) is 0.850. The number of phenols is 2. The molecule has 0 saturated heterocycles. The van der Waals surface area contributed by atoms with E-state index in [1.165, 1.54) is 12.1 Å². The summed E-state index contributed by atoms with van der Waals surface area (Å²) >= 11 is 0. The zero-order valence-electron chi connectivity index (χ0n) is 6.62. The molecule has 0 radical (unpaired) electrons. The van der Waals surface area contributed by atoms with Gasteiger partial charge in [0, 0.05) is 24.8 Å². The van der Waals surface area contributed by atoms with Crippen LogP contribution in [0.25, 0.3) is 0 Å². The van der Waals surface area contributed by atoms with Crippen molar-refractivity contribution in [3.63, 3.8) is 0 Å². The van der Waals surface area contributed by atoms with Gasteiger partial charge in [-0.15, -0.1) is 0 Å². The topological polar surface area (TPSA) is 78.5 Å². The Morgan fingerprint density at radius 1 is 1.25 bits per heavy atom. The third-order valence-corrected chi connectivity index (χ3v) is 1.45. The van der Waals surface area contributed by atoms with Crippen LogP contribution in [0.15, 0.2) is 18.2 Å². The Balaban J connectivity index is 2.69. The van der Waals surface area contributed by atoms with Crippen LogP contribution < -0.4 is 11.1 Å². The number of nitrogens with two attached hydrogens (primary N) is 1. The summed E-state index contributed by atoms with van der Waals surface area (Å²) in [6.07, 6.45) is 0. The molecule has 0 atom stereocenters. The van der Waals surface area contributed by atoms with Crippen LogP contribution in [0.3, 0.4) is 0 Å². The lowest BCUT2D eigenvalue weighted by Gasteiger charge is -2.05. The molecule has 0 aliphatic heterocycles. The fourth-order valence-corrected chi connectivity index (χ4v) is 0.850. The average Bonchev–Trinajstić information content (AvgIpc) is 2.07. The minimum atomic E-state index is -0.128. The van der Waals surface area contributed by atoms with Crippen LogP contribution in [0, 0.1) is 0 Å². The van der Waals surface area contributed by atoms with Gasteiger partial charge in [0.1, 0.15) is 0 Å². The van der Waals surface area contributed by atoms with E-state index in [1.807, 2.05) is 0 Å². The predicted octanol–water partition coefficient (Wildman–Crippen LogP) is 0.468. The number of aromatic hydroxyl groups is 2. The Morgan fingerprint density at radius 2 is 2.00 bits per heavy atom. The van der Waals surface area contributed by atoms with Crippen molar-refractivity contribution in [3.8, 4) is 11.5 Å². The Morgan fingerprint density at radius 3 is 2.58 bits per heavy atom. The molecule has 1 aromatic rings. The summed E-state index contributed by atoms with van der Waals surface area (Å²) in [7, 11) is 0. The van der Waals surface area contributed by atoms with Crippen LogP contribution in [-0.2, 0) is 0 Å². The quantitative estimate of drug-likeness (QED) is 0.391. The van der Waals surface area contributed by atoms with E-state index in [9.17, 15) is 0 Å². The number of hydrogen-bond donors (Lipinski definition) is 4. The second kappa shape index (κ2) is 3.82. The third kappa shape index (κ3) is 2.03. The predicted molar refractivity (Wildman–Crippen MR) is 47.3 cm³/mol. The van der Waals surface area contributed by atoms with Crippen molar-refractivity contribution in [1.82, 2.24) is 0 Å². The summed E-state index contributed by atoms with van der Waals surface area (Å²) in [5, 5.41) is 21.0. The Bertz CT molecular complexity index is 263. The Hall–Kier alpha value is -1.42. The number of nitrogens with one attached hydrogen (secondary N) is 1. The number of rotatable bonds is 3. The van der Waals surface area contributed by atoms with E-state index >= 15 is 0 Å². The van der Waals surface area contributed by atoms with Gasteiger partial charge >= 0.3 is 0 Å². The summed E-state index contributed by atoms with van der Waals surface area (Å²) < 4.78 is 0. The molecule has 0 bridgehead atoms. The maximum Gasteiger partial charge on any atom is 0.159 e. The van der Waals surface area contributed by atoms with E-state index in [0.717, 1.165) is 5.69 Å². The lowest BCUT2D eigenvalue weighted by atomic mass is 10.3. The van der Waals surface area contributed by atoms with Gasteiger partial charge in [-0.25, -0.2) is 0 Å². The second-order valence-electron chi connectivity index (χ2n) is 2.42. The number of phenolic OH excluding ortho intramolecular Hbond substituents is 2. The van der Waals surface area contributed by atoms with Crippen LogP contribution in [0.4, 0.5) is 5.69 Å². The van der Waals surface area contributed by atoms with Gasteiger partial charge in [0.05, 0.1) is 0 Å². The maximum absolute atomic E-state index is 9.08. The van der Waals surface area contributed by atoms with Gasteiger partial charge < -0.3 is 21.3 Å². The van der Waals surface area contributed by atoms with Gasteiger partial charge in [0.2, 0.25) is 0 Å². The third-order valence-electron chi connectivity index (χ3n) is 1.45. The van der Waals surface area contributed by atoms with Crippen LogP contribution in [0.2, 0.25) is 0 Å². The minimum Gasteiger partial charge on any atom is -0.504 e. The first kappa shape index (κ1) is 8.67. The molecule has 0 fully saturated rings. The van der Waals surface area contributed by atoms with Crippen molar-refractivity contribution < 1.29 is 10.2 Å². The molecule has 0 saturated carbocycles. The zero-order valence-corrected chi connectivity index (χ0v) is 6.62. The van der Waals surface area contributed by atoms with Crippen LogP contribution in [0.5, 0.6) is 11.5 Å². The largest absolute Gasteiger partial charge is 0.504 e. The maximum atomic E-state index is 9.08. The van der Waals surface area contributed by atoms with Gasteiger partial charge in [-0.3, -0.25) is 0 Å². The molecule has 1 aromatic carbocycles. The highest BCUT2D eigenvalue weighted by Crippen LogP contribution is 2.26. The second-order valence-corrected chi connectivity index (χ2v) is 2.42. The highest BCUT2D eigenvalue weighted by atomic mass is 16.3.